The van der Waals surface area contributed by atoms with E-state index in [-0.39, 0.29) is 0 Å². The van der Waals surface area contributed by atoms with E-state index in [0.29, 0.717) is 5.75 Å². The van der Waals surface area contributed by atoms with Gasteiger partial charge in [0.05, 0.1) is 12.0 Å². The molecule has 0 atom stereocenters. The van der Waals surface area contributed by atoms with E-state index in [0.717, 1.165) is 22.1 Å². The SMILES string of the molecule is COc1ccc(-c2cc(-c3ccc(O)c4ccccc34)s[s+]2)cc1.[O-][Cl+3]([O-])([O-])[O-]. The van der Waals surface area contributed by atoms with Gasteiger partial charge in [-0.1, -0.05) is 24.3 Å². The van der Waals surface area contributed by atoms with E-state index < -0.39 is 10.2 Å². The van der Waals surface area contributed by atoms with Crippen molar-refractivity contribution in [2.24, 2.45) is 0 Å². The Balaban J connectivity index is 0.000000431. The van der Waals surface area contributed by atoms with Gasteiger partial charge < -0.3 is 9.84 Å². The summed E-state index contributed by atoms with van der Waals surface area (Å²) in [5.41, 5.74) is 2.34. The van der Waals surface area contributed by atoms with Crippen molar-refractivity contribution in [3.8, 4) is 32.4 Å². The zero-order chi connectivity index (χ0) is 21.0. The van der Waals surface area contributed by atoms with Crippen molar-refractivity contribution in [1.29, 1.82) is 0 Å². The maximum atomic E-state index is 10.1. The molecule has 0 spiro atoms. The minimum absolute atomic E-state index is 0.324. The summed E-state index contributed by atoms with van der Waals surface area (Å²) in [5.74, 6) is 1.19. The van der Waals surface area contributed by atoms with E-state index in [1.54, 1.807) is 33.9 Å². The fourth-order valence-electron chi connectivity index (χ4n) is 2.76. The Morgan fingerprint density at radius 1 is 0.897 bits per heavy atom. The zero-order valence-corrected chi connectivity index (χ0v) is 17.4. The van der Waals surface area contributed by atoms with Crippen LogP contribution in [0.5, 0.6) is 11.5 Å². The molecule has 4 rings (SSSR count). The summed E-state index contributed by atoms with van der Waals surface area (Å²) in [5, 5.41) is 12.0. The third-order valence-corrected chi connectivity index (χ3v) is 6.49. The monoisotopic (exact) mass is 450 g/mol. The molecule has 0 unspecified atom stereocenters. The lowest BCUT2D eigenvalue weighted by Gasteiger charge is -2.17. The molecule has 0 radical (unpaired) electrons. The highest BCUT2D eigenvalue weighted by atomic mass is 35.7. The first-order valence-electron chi connectivity index (χ1n) is 8.16. The highest BCUT2D eigenvalue weighted by molar-refractivity contribution is 7.72. The maximum absolute atomic E-state index is 10.1. The zero-order valence-electron chi connectivity index (χ0n) is 15.0. The average molecular weight is 451 g/mol. The lowest BCUT2D eigenvalue weighted by molar-refractivity contribution is -2.00. The number of ether oxygens (including phenoxy) is 1. The van der Waals surface area contributed by atoms with Crippen LogP contribution >= 0.6 is 20.7 Å². The molecular weight excluding hydrogens is 436 g/mol. The molecule has 1 heterocycles. The van der Waals surface area contributed by atoms with Crippen molar-refractivity contribution in [3.63, 3.8) is 0 Å². The van der Waals surface area contributed by atoms with Crippen LogP contribution in [-0.4, -0.2) is 12.2 Å². The lowest BCUT2D eigenvalue weighted by atomic mass is 10.0. The van der Waals surface area contributed by atoms with E-state index in [2.05, 4.69) is 24.3 Å². The van der Waals surface area contributed by atoms with Crippen molar-refractivity contribution in [1.82, 2.24) is 0 Å². The molecular formula is C20H15ClO6S2. The van der Waals surface area contributed by atoms with Gasteiger partial charge in [0.15, 0.2) is 10.3 Å². The Hall–Kier alpha value is -2.30. The summed E-state index contributed by atoms with van der Waals surface area (Å²) < 4.78 is 39.2. The predicted octanol–water partition coefficient (Wildman–Crippen LogP) is 1.54. The standard InChI is InChI=1S/C20H14O2S2.ClHO4/c1-22-14-8-6-13(7-9-14)19-12-20(24-23-19)17-10-11-18(21)16-5-3-2-4-15(16)17;2-1(3,4)5/h2-12H,1H3;(H,2,3,4,5). The Morgan fingerprint density at radius 3 is 2.14 bits per heavy atom. The second kappa shape index (κ2) is 9.02. The number of phenolic OH excluding ortho intramolecular Hbond substituents is 1. The smallest absolute Gasteiger partial charge is 0.301 e. The van der Waals surface area contributed by atoms with Crippen LogP contribution in [0.4, 0.5) is 0 Å². The number of fused-ring (bicyclic) bond motifs is 1. The van der Waals surface area contributed by atoms with E-state index in [1.807, 2.05) is 36.4 Å². The molecule has 1 N–H and O–H groups in total. The molecule has 0 amide bonds. The van der Waals surface area contributed by atoms with Crippen molar-refractivity contribution in [3.05, 3.63) is 66.7 Å². The molecule has 0 aliphatic heterocycles. The summed E-state index contributed by atoms with van der Waals surface area (Å²) in [7, 11) is 0.251. The quantitative estimate of drug-likeness (QED) is 0.373. The van der Waals surface area contributed by atoms with E-state index in [4.69, 9.17) is 23.4 Å². The minimum atomic E-state index is -4.94. The molecule has 0 saturated carbocycles. The van der Waals surface area contributed by atoms with Crippen molar-refractivity contribution >= 4 is 31.5 Å². The molecule has 9 heteroatoms. The van der Waals surface area contributed by atoms with Gasteiger partial charge in [-0.05, 0) is 41.8 Å². The van der Waals surface area contributed by atoms with Gasteiger partial charge in [-0.3, -0.25) is 0 Å². The van der Waals surface area contributed by atoms with Gasteiger partial charge in [0.2, 0.25) is 0 Å². The third-order valence-electron chi connectivity index (χ3n) is 4.02. The van der Waals surface area contributed by atoms with E-state index in [1.165, 1.54) is 15.3 Å². The average Bonchev–Trinajstić information content (AvgIpc) is 3.17. The molecule has 6 nitrogen and oxygen atoms in total. The van der Waals surface area contributed by atoms with Crippen LogP contribution in [0.3, 0.4) is 0 Å². The van der Waals surface area contributed by atoms with Gasteiger partial charge in [0.25, 0.3) is 4.88 Å². The normalized spacial score (nSPS) is 11.1. The highest BCUT2D eigenvalue weighted by Gasteiger charge is 2.19. The Kier molecular flexibility index (Phi) is 6.66. The molecule has 0 fully saturated rings. The summed E-state index contributed by atoms with van der Waals surface area (Å²) in [6.07, 6.45) is 0. The van der Waals surface area contributed by atoms with E-state index in [9.17, 15) is 5.11 Å². The Bertz CT molecular complexity index is 1100. The molecule has 3 aromatic carbocycles. The maximum Gasteiger partial charge on any atom is 0.301 e. The molecule has 29 heavy (non-hydrogen) atoms. The molecule has 0 bridgehead atoms. The number of hydrogen-bond donors (Lipinski definition) is 1. The topological polar surface area (TPSA) is 122 Å². The van der Waals surface area contributed by atoms with Crippen molar-refractivity contribution < 1.29 is 38.7 Å². The van der Waals surface area contributed by atoms with Crippen LogP contribution in [-0.2, 0) is 0 Å². The summed E-state index contributed by atoms with van der Waals surface area (Å²) in [4.78, 5) is 2.44. The van der Waals surface area contributed by atoms with Crippen LogP contribution in [0.15, 0.2) is 66.7 Å². The Labute approximate surface area is 176 Å². The summed E-state index contributed by atoms with van der Waals surface area (Å²) in [6, 6.07) is 22.1. The van der Waals surface area contributed by atoms with Crippen molar-refractivity contribution in [2.45, 2.75) is 0 Å². The first-order valence-corrected chi connectivity index (χ1v) is 11.5. The van der Waals surface area contributed by atoms with Gasteiger partial charge in [-0.2, -0.15) is 0 Å². The summed E-state index contributed by atoms with van der Waals surface area (Å²) >= 11 is 0. The van der Waals surface area contributed by atoms with Gasteiger partial charge in [-0.25, -0.2) is 18.6 Å². The van der Waals surface area contributed by atoms with E-state index >= 15 is 0 Å². The third kappa shape index (κ3) is 5.62. The molecule has 0 aliphatic carbocycles. The number of rotatable bonds is 3. The number of halogens is 1. The highest BCUT2D eigenvalue weighted by Crippen LogP contribution is 2.41. The second-order valence-electron chi connectivity index (χ2n) is 5.82. The van der Waals surface area contributed by atoms with Crippen molar-refractivity contribution in [2.75, 3.05) is 7.11 Å². The molecule has 0 saturated heterocycles. The number of phenols is 1. The molecule has 1 aromatic heterocycles. The molecule has 150 valence electrons. The van der Waals surface area contributed by atoms with Gasteiger partial charge in [-0.15, -0.1) is 10.2 Å². The second-order valence-corrected chi connectivity index (χ2v) is 8.79. The lowest BCUT2D eigenvalue weighted by Crippen LogP contribution is -2.68. The molecule has 4 aromatic rings. The number of methoxy groups -OCH3 is 1. The van der Waals surface area contributed by atoms with Crippen LogP contribution in [0.2, 0.25) is 0 Å². The fourth-order valence-corrected chi connectivity index (χ4v) is 5.24. The first kappa shape index (κ1) is 21.4. The Morgan fingerprint density at radius 2 is 1.52 bits per heavy atom. The molecule has 0 aliphatic rings. The first-order chi connectivity index (χ1) is 13.8. The fraction of sp³-hybridized carbons (Fsp3) is 0.0500. The number of benzene rings is 3. The largest absolute Gasteiger partial charge is 0.507 e. The van der Waals surface area contributed by atoms with Gasteiger partial charge in [0.1, 0.15) is 11.5 Å². The predicted molar refractivity (Wildman–Crippen MR) is 103 cm³/mol. The number of hydrogen-bond acceptors (Lipinski definition) is 7. The van der Waals surface area contributed by atoms with Crippen LogP contribution in [0, 0.1) is 10.2 Å². The summed E-state index contributed by atoms with van der Waals surface area (Å²) in [6.45, 7) is 0. The minimum Gasteiger partial charge on any atom is -0.507 e. The van der Waals surface area contributed by atoms with Crippen LogP contribution in [0.25, 0.3) is 31.7 Å². The van der Waals surface area contributed by atoms with Gasteiger partial charge >= 0.3 is 10.3 Å². The van der Waals surface area contributed by atoms with Crippen LogP contribution < -0.4 is 23.4 Å². The van der Waals surface area contributed by atoms with Crippen LogP contribution in [0.1, 0.15) is 0 Å². The number of aromatic hydroxyl groups is 1. The van der Waals surface area contributed by atoms with Gasteiger partial charge in [0, 0.05) is 22.6 Å².